The second-order valence-electron chi connectivity index (χ2n) is 3.01. The lowest BCUT2D eigenvalue weighted by atomic mass is 10.1. The van der Waals surface area contributed by atoms with Crippen molar-refractivity contribution in [2.24, 2.45) is 5.92 Å². The monoisotopic (exact) mass is 162 g/mol. The Hall–Kier alpha value is 0.270. The Morgan fingerprint density at radius 3 is 2.60 bits per heavy atom. The minimum Gasteiger partial charge on any atom is -0.349 e. The van der Waals surface area contributed by atoms with Crippen molar-refractivity contribution in [3.8, 4) is 0 Å². The van der Waals surface area contributed by atoms with Gasteiger partial charge in [-0.2, -0.15) is 0 Å². The van der Waals surface area contributed by atoms with Crippen LogP contribution < -0.4 is 0 Å². The largest absolute Gasteiger partial charge is 0.349 e. The van der Waals surface area contributed by atoms with Gasteiger partial charge >= 0.3 is 0 Å². The zero-order valence-electron chi connectivity index (χ0n) is 6.41. The van der Waals surface area contributed by atoms with Crippen molar-refractivity contribution in [2.75, 3.05) is 6.79 Å². The van der Waals surface area contributed by atoms with Crippen LogP contribution in [0.5, 0.6) is 0 Å². The summed E-state index contributed by atoms with van der Waals surface area (Å²) in [5.41, 5.74) is -0.0117. The predicted octanol–water partition coefficient (Wildman–Crippen LogP) is 1.66. The lowest BCUT2D eigenvalue weighted by Gasteiger charge is -2.13. The highest BCUT2D eigenvalue weighted by Crippen LogP contribution is 2.21. The molecular formula is C7H14O2S. The summed E-state index contributed by atoms with van der Waals surface area (Å²) in [5, 5.41) is 0. The Kier molecular flexibility index (Phi) is 3.01. The molecule has 1 aliphatic heterocycles. The first-order valence-electron chi connectivity index (χ1n) is 3.61. The molecule has 0 bridgehead atoms. The molecule has 1 heterocycles. The van der Waals surface area contributed by atoms with E-state index in [1.165, 1.54) is 0 Å². The summed E-state index contributed by atoms with van der Waals surface area (Å²) in [4.78, 5) is 0. The molecule has 2 unspecified atom stereocenters. The van der Waals surface area contributed by atoms with Crippen LogP contribution >= 0.6 is 12.6 Å². The van der Waals surface area contributed by atoms with Gasteiger partial charge in [0.15, 0.2) is 0 Å². The molecule has 0 aromatic rings. The van der Waals surface area contributed by atoms with Crippen LogP contribution in [0.2, 0.25) is 0 Å². The van der Waals surface area contributed by atoms with Crippen LogP contribution in [0.4, 0.5) is 0 Å². The molecule has 60 valence electrons. The third-order valence-corrected chi connectivity index (χ3v) is 2.02. The molecule has 0 saturated carbocycles. The summed E-state index contributed by atoms with van der Waals surface area (Å²) in [6.45, 7) is 4.75. The first-order valence-corrected chi connectivity index (χ1v) is 4.13. The molecule has 1 saturated heterocycles. The highest BCUT2D eigenvalue weighted by atomic mass is 32.1. The summed E-state index contributed by atoms with van der Waals surface area (Å²) in [6.07, 6.45) is 1.23. The van der Waals surface area contributed by atoms with Gasteiger partial charge < -0.3 is 9.47 Å². The Morgan fingerprint density at radius 1 is 1.50 bits per heavy atom. The second-order valence-corrected chi connectivity index (χ2v) is 3.52. The summed E-state index contributed by atoms with van der Waals surface area (Å²) >= 11 is 4.21. The van der Waals surface area contributed by atoms with E-state index in [9.17, 15) is 0 Å². The fourth-order valence-corrected chi connectivity index (χ4v) is 1.30. The van der Waals surface area contributed by atoms with Gasteiger partial charge in [0.1, 0.15) is 12.2 Å². The molecule has 2 atom stereocenters. The summed E-state index contributed by atoms with van der Waals surface area (Å²) < 4.78 is 10.4. The molecule has 0 aliphatic carbocycles. The average molecular weight is 162 g/mol. The van der Waals surface area contributed by atoms with Gasteiger partial charge in [0.2, 0.25) is 0 Å². The summed E-state index contributed by atoms with van der Waals surface area (Å²) in [5.74, 6) is 0.654. The molecule has 1 rings (SSSR count). The molecular weight excluding hydrogens is 148 g/mol. The van der Waals surface area contributed by atoms with Crippen molar-refractivity contribution in [3.05, 3.63) is 0 Å². The molecule has 0 aromatic heterocycles. The maximum atomic E-state index is 5.28. The predicted molar refractivity (Wildman–Crippen MR) is 43.1 cm³/mol. The number of rotatable bonds is 2. The van der Waals surface area contributed by atoms with Crippen LogP contribution in [0.15, 0.2) is 0 Å². The number of hydrogen-bond donors (Lipinski definition) is 1. The smallest absolute Gasteiger partial charge is 0.148 e. The van der Waals surface area contributed by atoms with Crippen LogP contribution in [-0.4, -0.2) is 18.3 Å². The number of thiol groups is 1. The molecule has 0 N–H and O–H groups in total. The number of ether oxygens (including phenoxy) is 2. The summed E-state index contributed by atoms with van der Waals surface area (Å²) in [6, 6.07) is 0. The van der Waals surface area contributed by atoms with E-state index in [-0.39, 0.29) is 11.5 Å². The molecule has 0 radical (unpaired) electrons. The van der Waals surface area contributed by atoms with Gasteiger partial charge in [0.05, 0.1) is 6.10 Å². The van der Waals surface area contributed by atoms with E-state index in [2.05, 4.69) is 26.5 Å². The van der Waals surface area contributed by atoms with E-state index in [1.807, 2.05) is 0 Å². The van der Waals surface area contributed by atoms with Crippen molar-refractivity contribution in [3.63, 3.8) is 0 Å². The fourth-order valence-electron chi connectivity index (χ4n) is 1.04. The Balaban J connectivity index is 2.26. The average Bonchev–Trinajstić information content (AvgIpc) is 2.15. The Bertz CT molecular complexity index is 106. The van der Waals surface area contributed by atoms with Gasteiger partial charge in [-0.15, -0.1) is 12.6 Å². The maximum absolute atomic E-state index is 5.28. The van der Waals surface area contributed by atoms with Crippen LogP contribution in [0, 0.1) is 5.92 Å². The van der Waals surface area contributed by atoms with Gasteiger partial charge in [-0.1, -0.05) is 13.8 Å². The molecule has 0 amide bonds. The lowest BCUT2D eigenvalue weighted by molar-refractivity contribution is 0.0404. The minimum atomic E-state index is -0.0117. The van der Waals surface area contributed by atoms with Crippen LogP contribution in [0.1, 0.15) is 20.3 Å². The van der Waals surface area contributed by atoms with Gasteiger partial charge in [0.25, 0.3) is 0 Å². The Labute approximate surface area is 67.3 Å². The topological polar surface area (TPSA) is 18.5 Å². The van der Waals surface area contributed by atoms with E-state index in [1.54, 1.807) is 0 Å². The normalized spacial score (nSPS) is 33.6. The fraction of sp³-hybridized carbons (Fsp3) is 1.00. The van der Waals surface area contributed by atoms with Crippen molar-refractivity contribution >= 4 is 12.6 Å². The third kappa shape index (κ3) is 2.15. The lowest BCUT2D eigenvalue weighted by Crippen LogP contribution is -2.18. The molecule has 10 heavy (non-hydrogen) atoms. The molecule has 0 aromatic carbocycles. The highest BCUT2D eigenvalue weighted by molar-refractivity contribution is 7.80. The SMILES string of the molecule is CC(C)CC1OCOC1S. The van der Waals surface area contributed by atoms with Crippen molar-refractivity contribution < 1.29 is 9.47 Å². The van der Waals surface area contributed by atoms with Gasteiger partial charge in [-0.25, -0.2) is 0 Å². The summed E-state index contributed by atoms with van der Waals surface area (Å²) in [7, 11) is 0. The third-order valence-electron chi connectivity index (χ3n) is 1.54. The van der Waals surface area contributed by atoms with Gasteiger partial charge in [0, 0.05) is 0 Å². The Morgan fingerprint density at radius 2 is 2.20 bits per heavy atom. The van der Waals surface area contributed by atoms with Gasteiger partial charge in [-0.3, -0.25) is 0 Å². The van der Waals surface area contributed by atoms with Crippen molar-refractivity contribution in [1.82, 2.24) is 0 Å². The van der Waals surface area contributed by atoms with Crippen molar-refractivity contribution in [2.45, 2.75) is 31.8 Å². The molecule has 1 fully saturated rings. The molecule has 0 spiro atoms. The quantitative estimate of drug-likeness (QED) is 0.622. The maximum Gasteiger partial charge on any atom is 0.148 e. The van der Waals surface area contributed by atoms with Crippen LogP contribution in [0.3, 0.4) is 0 Å². The van der Waals surface area contributed by atoms with Crippen LogP contribution in [-0.2, 0) is 9.47 Å². The molecule has 1 aliphatic rings. The zero-order chi connectivity index (χ0) is 7.56. The number of hydrogen-bond acceptors (Lipinski definition) is 3. The minimum absolute atomic E-state index is 0.0117. The zero-order valence-corrected chi connectivity index (χ0v) is 7.30. The van der Waals surface area contributed by atoms with Gasteiger partial charge in [-0.05, 0) is 12.3 Å². The van der Waals surface area contributed by atoms with E-state index >= 15 is 0 Å². The van der Waals surface area contributed by atoms with E-state index < -0.39 is 0 Å². The molecule has 2 nitrogen and oxygen atoms in total. The molecule has 3 heteroatoms. The van der Waals surface area contributed by atoms with E-state index in [4.69, 9.17) is 9.47 Å². The van der Waals surface area contributed by atoms with Crippen LogP contribution in [0.25, 0.3) is 0 Å². The second kappa shape index (κ2) is 3.60. The van der Waals surface area contributed by atoms with Crippen molar-refractivity contribution in [1.29, 1.82) is 0 Å². The van der Waals surface area contributed by atoms with E-state index in [0.29, 0.717) is 12.7 Å². The van der Waals surface area contributed by atoms with E-state index in [0.717, 1.165) is 6.42 Å². The first kappa shape index (κ1) is 8.37. The first-order chi connectivity index (χ1) is 4.70. The standard InChI is InChI=1S/C7H14O2S/c1-5(2)3-6-7(10)9-4-8-6/h5-7,10H,3-4H2,1-2H3. The highest BCUT2D eigenvalue weighted by Gasteiger charge is 2.26.